The maximum atomic E-state index is 11.7. The zero-order chi connectivity index (χ0) is 19.5. The summed E-state index contributed by atoms with van der Waals surface area (Å²) in [6, 6.07) is 7.88. The third-order valence-electron chi connectivity index (χ3n) is 4.81. The molecule has 1 aliphatic carbocycles. The Hall–Kier alpha value is -2.71. The molecule has 2 amide bonds. The Bertz CT molecular complexity index is 939. The summed E-state index contributed by atoms with van der Waals surface area (Å²) in [6.45, 7) is 0. The van der Waals surface area contributed by atoms with Crippen LogP contribution in [0.25, 0.3) is 17.3 Å². The second kappa shape index (κ2) is 8.12. The summed E-state index contributed by atoms with van der Waals surface area (Å²) in [4.78, 5) is 32.4. The molecule has 2 aromatic rings. The largest absolute Gasteiger partial charge is 0.393 e. The molecule has 1 saturated heterocycles. The first-order chi connectivity index (χ1) is 13.6. The number of nitrogens with zero attached hydrogens (tertiary/aromatic N) is 2. The predicted octanol–water partition coefficient (Wildman–Crippen LogP) is 3.18. The maximum absolute atomic E-state index is 11.7. The molecule has 2 fully saturated rings. The number of rotatable bonds is 4. The Morgan fingerprint density at radius 1 is 1.18 bits per heavy atom. The molecule has 1 saturated carbocycles. The molecule has 8 heteroatoms. The number of aromatic nitrogens is 2. The van der Waals surface area contributed by atoms with Gasteiger partial charge < -0.3 is 10.4 Å². The Kier molecular flexibility index (Phi) is 5.40. The summed E-state index contributed by atoms with van der Waals surface area (Å²) < 4.78 is 0. The summed E-state index contributed by atoms with van der Waals surface area (Å²) >= 11 is 0.898. The first kappa shape index (κ1) is 18.6. The lowest BCUT2D eigenvalue weighted by Gasteiger charge is -2.26. The highest BCUT2D eigenvalue weighted by molar-refractivity contribution is 8.18. The van der Waals surface area contributed by atoms with Gasteiger partial charge in [-0.1, -0.05) is 18.2 Å². The molecule has 28 heavy (non-hydrogen) atoms. The van der Waals surface area contributed by atoms with Gasteiger partial charge in [-0.15, -0.1) is 0 Å². The van der Waals surface area contributed by atoms with Gasteiger partial charge in [0.1, 0.15) is 5.82 Å². The van der Waals surface area contributed by atoms with Gasteiger partial charge in [0.2, 0.25) is 0 Å². The van der Waals surface area contributed by atoms with Crippen LogP contribution in [0.1, 0.15) is 31.2 Å². The standard InChI is InChI=1S/C20H20N4O3S/c25-15-6-4-14(5-7-15)22-18-11-21-10-16(23-18)13-3-1-2-12(8-13)9-17-19(26)24-20(27)28-17/h1-3,8-11,14-15,25H,4-7H2,(H,22,23)(H,24,26,27)/b17-9+. The van der Waals surface area contributed by atoms with E-state index in [1.165, 1.54) is 0 Å². The van der Waals surface area contributed by atoms with Gasteiger partial charge in [0.05, 0.1) is 29.1 Å². The zero-order valence-corrected chi connectivity index (χ0v) is 15.9. The van der Waals surface area contributed by atoms with Crippen LogP contribution >= 0.6 is 11.8 Å². The highest BCUT2D eigenvalue weighted by atomic mass is 32.2. The van der Waals surface area contributed by atoms with Crippen molar-refractivity contribution in [2.45, 2.75) is 37.8 Å². The van der Waals surface area contributed by atoms with Gasteiger partial charge in [0.15, 0.2) is 0 Å². The van der Waals surface area contributed by atoms with Gasteiger partial charge in [0, 0.05) is 11.6 Å². The summed E-state index contributed by atoms with van der Waals surface area (Å²) in [5, 5.41) is 14.9. The number of nitrogens with one attached hydrogen (secondary N) is 2. The third-order valence-corrected chi connectivity index (χ3v) is 5.62. The molecule has 1 aromatic carbocycles. The van der Waals surface area contributed by atoms with Gasteiger partial charge in [-0.25, -0.2) is 4.98 Å². The number of anilines is 1. The van der Waals surface area contributed by atoms with Crippen molar-refractivity contribution in [2.24, 2.45) is 0 Å². The molecule has 1 aliphatic heterocycles. The number of imide groups is 1. The molecule has 0 spiro atoms. The van der Waals surface area contributed by atoms with Crippen LogP contribution in [0.4, 0.5) is 10.6 Å². The Balaban J connectivity index is 1.52. The van der Waals surface area contributed by atoms with Crippen molar-refractivity contribution in [2.75, 3.05) is 5.32 Å². The van der Waals surface area contributed by atoms with Crippen LogP contribution in [0.15, 0.2) is 41.6 Å². The molecule has 4 rings (SSSR count). The molecule has 3 N–H and O–H groups in total. The molecule has 0 radical (unpaired) electrons. The van der Waals surface area contributed by atoms with E-state index in [-0.39, 0.29) is 17.3 Å². The number of benzene rings is 1. The molecule has 144 valence electrons. The number of aliphatic hydroxyl groups is 1. The fourth-order valence-electron chi connectivity index (χ4n) is 3.36. The van der Waals surface area contributed by atoms with Crippen LogP contribution in [0.5, 0.6) is 0 Å². The van der Waals surface area contributed by atoms with Crippen molar-refractivity contribution in [3.05, 3.63) is 47.1 Å². The van der Waals surface area contributed by atoms with E-state index in [1.807, 2.05) is 24.3 Å². The number of carbonyl (C=O) groups excluding carboxylic acids is 2. The normalized spacial score (nSPS) is 23.7. The van der Waals surface area contributed by atoms with Crippen molar-refractivity contribution in [3.8, 4) is 11.3 Å². The fourth-order valence-corrected chi connectivity index (χ4v) is 4.05. The van der Waals surface area contributed by atoms with E-state index in [4.69, 9.17) is 0 Å². The average Bonchev–Trinajstić information content (AvgIpc) is 3.01. The molecule has 0 atom stereocenters. The number of amides is 2. The van der Waals surface area contributed by atoms with Gasteiger partial charge >= 0.3 is 0 Å². The maximum Gasteiger partial charge on any atom is 0.290 e. The Labute approximate surface area is 166 Å². The van der Waals surface area contributed by atoms with Crippen LogP contribution in [-0.2, 0) is 4.79 Å². The molecule has 2 aliphatic rings. The lowest BCUT2D eigenvalue weighted by molar-refractivity contribution is -0.115. The third kappa shape index (κ3) is 4.40. The van der Waals surface area contributed by atoms with Crippen LogP contribution < -0.4 is 10.6 Å². The minimum atomic E-state index is -0.371. The number of carbonyl (C=O) groups is 2. The molecule has 7 nitrogen and oxygen atoms in total. The van der Waals surface area contributed by atoms with Gasteiger partial charge in [0.25, 0.3) is 11.1 Å². The predicted molar refractivity (Wildman–Crippen MR) is 108 cm³/mol. The van der Waals surface area contributed by atoms with E-state index in [9.17, 15) is 14.7 Å². The van der Waals surface area contributed by atoms with Crippen LogP contribution in [0.3, 0.4) is 0 Å². The lowest BCUT2D eigenvalue weighted by atomic mass is 9.93. The number of hydrogen-bond donors (Lipinski definition) is 3. The van der Waals surface area contributed by atoms with Crippen LogP contribution in [0, 0.1) is 0 Å². The fraction of sp³-hybridized carbons (Fsp3) is 0.300. The molecule has 1 aromatic heterocycles. The Morgan fingerprint density at radius 2 is 2.00 bits per heavy atom. The lowest BCUT2D eigenvalue weighted by Crippen LogP contribution is -2.28. The molecule has 0 unspecified atom stereocenters. The highest BCUT2D eigenvalue weighted by Crippen LogP contribution is 2.27. The zero-order valence-electron chi connectivity index (χ0n) is 15.1. The van der Waals surface area contributed by atoms with Crippen molar-refractivity contribution in [3.63, 3.8) is 0 Å². The van der Waals surface area contributed by atoms with E-state index in [0.29, 0.717) is 16.8 Å². The summed E-state index contributed by atoms with van der Waals surface area (Å²) in [7, 11) is 0. The minimum absolute atomic E-state index is 0.192. The first-order valence-corrected chi connectivity index (χ1v) is 10.0. The van der Waals surface area contributed by atoms with E-state index in [2.05, 4.69) is 20.6 Å². The second-order valence-electron chi connectivity index (χ2n) is 6.92. The van der Waals surface area contributed by atoms with E-state index >= 15 is 0 Å². The van der Waals surface area contributed by atoms with E-state index < -0.39 is 0 Å². The second-order valence-corrected chi connectivity index (χ2v) is 7.93. The van der Waals surface area contributed by atoms with Crippen molar-refractivity contribution < 1.29 is 14.7 Å². The number of thioether (sulfide) groups is 1. The smallest absolute Gasteiger partial charge is 0.290 e. The first-order valence-electron chi connectivity index (χ1n) is 9.19. The van der Waals surface area contributed by atoms with Gasteiger partial charge in [-0.2, -0.15) is 0 Å². The molecular formula is C20H20N4O3S. The van der Waals surface area contributed by atoms with Gasteiger partial charge in [-0.3, -0.25) is 19.9 Å². The summed E-state index contributed by atoms with van der Waals surface area (Å²) in [5.74, 6) is 0.336. The van der Waals surface area contributed by atoms with Crippen molar-refractivity contribution in [1.29, 1.82) is 0 Å². The minimum Gasteiger partial charge on any atom is -0.393 e. The quantitative estimate of drug-likeness (QED) is 0.682. The van der Waals surface area contributed by atoms with Crippen LogP contribution in [0.2, 0.25) is 0 Å². The van der Waals surface area contributed by atoms with E-state index in [0.717, 1.165) is 54.3 Å². The summed E-state index contributed by atoms with van der Waals surface area (Å²) in [5.41, 5.74) is 2.41. The van der Waals surface area contributed by atoms with Crippen molar-refractivity contribution >= 4 is 34.8 Å². The monoisotopic (exact) mass is 396 g/mol. The van der Waals surface area contributed by atoms with Crippen LogP contribution in [-0.4, -0.2) is 38.4 Å². The van der Waals surface area contributed by atoms with E-state index in [1.54, 1.807) is 18.5 Å². The molecule has 0 bridgehead atoms. The Morgan fingerprint density at radius 3 is 2.75 bits per heavy atom. The molecular weight excluding hydrogens is 376 g/mol. The summed E-state index contributed by atoms with van der Waals surface area (Å²) in [6.07, 6.45) is 8.32. The number of hydrogen-bond acceptors (Lipinski definition) is 7. The molecule has 2 heterocycles. The van der Waals surface area contributed by atoms with Gasteiger partial charge in [-0.05, 0) is 55.2 Å². The average molecular weight is 396 g/mol. The van der Waals surface area contributed by atoms with Crippen molar-refractivity contribution in [1.82, 2.24) is 15.3 Å². The SMILES string of the molecule is O=C1NC(=O)/C(=C\c2cccc(-c3cncc(NC4CCC(O)CC4)n3)c2)S1. The highest BCUT2D eigenvalue weighted by Gasteiger charge is 2.25. The topological polar surface area (TPSA) is 104 Å². The number of aliphatic hydroxyl groups excluding tert-OH is 1.